The van der Waals surface area contributed by atoms with Crippen LogP contribution >= 0.6 is 0 Å². The summed E-state index contributed by atoms with van der Waals surface area (Å²) in [5.41, 5.74) is 8.04. The summed E-state index contributed by atoms with van der Waals surface area (Å²) in [5, 5.41) is 0. The molecule has 0 saturated heterocycles. The third kappa shape index (κ3) is 2.66. The number of benzene rings is 1. The van der Waals surface area contributed by atoms with E-state index in [0.29, 0.717) is 13.1 Å². The van der Waals surface area contributed by atoms with E-state index in [4.69, 9.17) is 5.73 Å². The van der Waals surface area contributed by atoms with Crippen molar-refractivity contribution >= 4 is 5.91 Å². The van der Waals surface area contributed by atoms with E-state index in [0.717, 1.165) is 25.8 Å². The van der Waals surface area contributed by atoms with Gasteiger partial charge in [-0.3, -0.25) is 4.79 Å². The number of rotatable bonds is 5. The van der Waals surface area contributed by atoms with E-state index in [9.17, 15) is 4.79 Å². The Morgan fingerprint density at radius 2 is 2.05 bits per heavy atom. The number of nitrogens with zero attached hydrogens (tertiary/aromatic N) is 1. The highest BCUT2D eigenvalue weighted by atomic mass is 16.2. The normalized spacial score (nSPS) is 16.8. The fourth-order valence-corrected chi connectivity index (χ4v) is 2.76. The van der Waals surface area contributed by atoms with Crippen LogP contribution in [0.25, 0.3) is 0 Å². The lowest BCUT2D eigenvalue weighted by Crippen LogP contribution is -2.51. The van der Waals surface area contributed by atoms with Gasteiger partial charge in [0.2, 0.25) is 5.91 Å². The molecule has 0 aliphatic heterocycles. The summed E-state index contributed by atoms with van der Waals surface area (Å²) in [7, 11) is 0. The molecule has 0 bridgehead atoms. The first-order chi connectivity index (χ1) is 9.13. The molecule has 2 N–H and O–H groups in total. The SMILES string of the molecule is CCN(Cc1ccccc1C)C(=O)C1(CN)CCC1. The van der Waals surface area contributed by atoms with Crippen molar-refractivity contribution in [1.82, 2.24) is 4.90 Å². The molecule has 104 valence electrons. The first-order valence-corrected chi connectivity index (χ1v) is 7.17. The number of hydrogen-bond acceptors (Lipinski definition) is 2. The number of amides is 1. The van der Waals surface area contributed by atoms with Crippen LogP contribution in [0.3, 0.4) is 0 Å². The molecule has 1 amide bonds. The Labute approximate surface area is 115 Å². The van der Waals surface area contributed by atoms with Gasteiger partial charge in [-0.1, -0.05) is 30.7 Å². The van der Waals surface area contributed by atoms with E-state index in [1.54, 1.807) is 0 Å². The molecule has 1 aliphatic rings. The first-order valence-electron chi connectivity index (χ1n) is 7.17. The summed E-state index contributed by atoms with van der Waals surface area (Å²) in [5.74, 6) is 0.243. The Kier molecular flexibility index (Phi) is 4.25. The number of nitrogens with two attached hydrogens (primary N) is 1. The molecule has 0 unspecified atom stereocenters. The molecular formula is C16H24N2O. The van der Waals surface area contributed by atoms with E-state index >= 15 is 0 Å². The summed E-state index contributed by atoms with van der Waals surface area (Å²) in [6, 6.07) is 8.25. The summed E-state index contributed by atoms with van der Waals surface area (Å²) in [6.45, 7) is 6.06. The molecule has 1 aliphatic carbocycles. The Morgan fingerprint density at radius 1 is 1.37 bits per heavy atom. The molecule has 19 heavy (non-hydrogen) atoms. The van der Waals surface area contributed by atoms with Crippen LogP contribution in [-0.2, 0) is 11.3 Å². The Morgan fingerprint density at radius 3 is 2.53 bits per heavy atom. The third-order valence-electron chi connectivity index (χ3n) is 4.45. The second-order valence-electron chi connectivity index (χ2n) is 5.58. The fourth-order valence-electron chi connectivity index (χ4n) is 2.76. The molecule has 0 aromatic heterocycles. The minimum atomic E-state index is -0.265. The van der Waals surface area contributed by atoms with E-state index < -0.39 is 0 Å². The average Bonchev–Trinajstić information content (AvgIpc) is 2.37. The lowest BCUT2D eigenvalue weighted by molar-refractivity contribution is -0.147. The Hall–Kier alpha value is -1.35. The number of hydrogen-bond donors (Lipinski definition) is 1. The van der Waals surface area contributed by atoms with Crippen LogP contribution in [0.4, 0.5) is 0 Å². The zero-order valence-corrected chi connectivity index (χ0v) is 12.0. The molecule has 2 rings (SSSR count). The molecule has 0 atom stereocenters. The van der Waals surface area contributed by atoms with Crippen LogP contribution < -0.4 is 5.73 Å². The van der Waals surface area contributed by atoms with Crippen molar-refractivity contribution in [2.24, 2.45) is 11.1 Å². The Balaban J connectivity index is 2.12. The predicted molar refractivity (Wildman–Crippen MR) is 77.6 cm³/mol. The summed E-state index contributed by atoms with van der Waals surface area (Å²) in [4.78, 5) is 14.6. The van der Waals surface area contributed by atoms with Gasteiger partial charge in [-0.25, -0.2) is 0 Å². The maximum absolute atomic E-state index is 12.7. The fraction of sp³-hybridized carbons (Fsp3) is 0.562. The summed E-state index contributed by atoms with van der Waals surface area (Å²) < 4.78 is 0. The van der Waals surface area contributed by atoms with Crippen molar-refractivity contribution < 1.29 is 4.79 Å². The first kappa shape index (κ1) is 14.1. The second kappa shape index (κ2) is 5.74. The lowest BCUT2D eigenvalue weighted by atomic mass is 9.67. The van der Waals surface area contributed by atoms with Crippen molar-refractivity contribution in [3.8, 4) is 0 Å². The van der Waals surface area contributed by atoms with E-state index in [1.165, 1.54) is 11.1 Å². The highest BCUT2D eigenvalue weighted by Crippen LogP contribution is 2.41. The number of carbonyl (C=O) groups excluding carboxylic acids is 1. The maximum Gasteiger partial charge on any atom is 0.230 e. The third-order valence-corrected chi connectivity index (χ3v) is 4.45. The van der Waals surface area contributed by atoms with Gasteiger partial charge in [-0.05, 0) is 37.8 Å². The summed E-state index contributed by atoms with van der Waals surface area (Å²) in [6.07, 6.45) is 3.03. The van der Waals surface area contributed by atoms with E-state index in [-0.39, 0.29) is 11.3 Å². The van der Waals surface area contributed by atoms with Crippen molar-refractivity contribution in [2.75, 3.05) is 13.1 Å². The van der Waals surface area contributed by atoms with Crippen LogP contribution in [0.5, 0.6) is 0 Å². The minimum absolute atomic E-state index is 0.243. The van der Waals surface area contributed by atoms with Crippen molar-refractivity contribution in [1.29, 1.82) is 0 Å². The molecule has 1 aromatic rings. The standard InChI is InChI=1S/C16H24N2O/c1-3-18(11-14-8-5-4-7-13(14)2)15(19)16(12-17)9-6-10-16/h4-5,7-8H,3,6,9-12,17H2,1-2H3. The van der Waals surface area contributed by atoms with Gasteiger partial charge in [-0.2, -0.15) is 0 Å². The van der Waals surface area contributed by atoms with Crippen LogP contribution in [0.1, 0.15) is 37.3 Å². The van der Waals surface area contributed by atoms with Gasteiger partial charge in [0.15, 0.2) is 0 Å². The van der Waals surface area contributed by atoms with Crippen molar-refractivity contribution in [3.63, 3.8) is 0 Å². The molecule has 0 spiro atoms. The molecule has 3 nitrogen and oxygen atoms in total. The predicted octanol–water partition coefficient (Wildman–Crippen LogP) is 2.47. The zero-order chi connectivity index (χ0) is 13.9. The number of carbonyl (C=O) groups is 1. The van der Waals surface area contributed by atoms with Crippen LogP contribution in [0.15, 0.2) is 24.3 Å². The van der Waals surface area contributed by atoms with Gasteiger partial charge in [0.25, 0.3) is 0 Å². The topological polar surface area (TPSA) is 46.3 Å². The van der Waals surface area contributed by atoms with Gasteiger partial charge in [0, 0.05) is 19.6 Å². The van der Waals surface area contributed by atoms with Gasteiger partial charge in [0.05, 0.1) is 5.41 Å². The van der Waals surface area contributed by atoms with E-state index in [2.05, 4.69) is 19.1 Å². The Bertz CT molecular complexity index is 446. The zero-order valence-electron chi connectivity index (χ0n) is 12.0. The molecule has 0 radical (unpaired) electrons. The molecule has 3 heteroatoms. The molecule has 1 saturated carbocycles. The smallest absolute Gasteiger partial charge is 0.230 e. The van der Waals surface area contributed by atoms with Crippen LogP contribution in [-0.4, -0.2) is 23.9 Å². The molecule has 1 aromatic carbocycles. The van der Waals surface area contributed by atoms with Gasteiger partial charge < -0.3 is 10.6 Å². The monoisotopic (exact) mass is 260 g/mol. The maximum atomic E-state index is 12.7. The molecule has 0 heterocycles. The van der Waals surface area contributed by atoms with Gasteiger partial charge in [0.1, 0.15) is 0 Å². The number of aryl methyl sites for hydroxylation is 1. The van der Waals surface area contributed by atoms with Gasteiger partial charge >= 0.3 is 0 Å². The largest absolute Gasteiger partial charge is 0.338 e. The summed E-state index contributed by atoms with van der Waals surface area (Å²) >= 11 is 0. The van der Waals surface area contributed by atoms with Crippen molar-refractivity contribution in [3.05, 3.63) is 35.4 Å². The quantitative estimate of drug-likeness (QED) is 0.884. The van der Waals surface area contributed by atoms with Crippen molar-refractivity contribution in [2.45, 2.75) is 39.7 Å². The highest BCUT2D eigenvalue weighted by Gasteiger charge is 2.44. The van der Waals surface area contributed by atoms with E-state index in [1.807, 2.05) is 24.0 Å². The van der Waals surface area contributed by atoms with Gasteiger partial charge in [-0.15, -0.1) is 0 Å². The second-order valence-corrected chi connectivity index (χ2v) is 5.58. The minimum Gasteiger partial charge on any atom is -0.338 e. The highest BCUT2D eigenvalue weighted by molar-refractivity contribution is 5.84. The average molecular weight is 260 g/mol. The van der Waals surface area contributed by atoms with Crippen LogP contribution in [0.2, 0.25) is 0 Å². The van der Waals surface area contributed by atoms with Crippen LogP contribution in [0, 0.1) is 12.3 Å². The molecular weight excluding hydrogens is 236 g/mol. The molecule has 1 fully saturated rings. The lowest BCUT2D eigenvalue weighted by Gasteiger charge is -2.42.